The minimum Gasteiger partial charge on any atom is -0.390 e. The summed E-state index contributed by atoms with van der Waals surface area (Å²) in [6.07, 6.45) is -3.06. The van der Waals surface area contributed by atoms with Crippen molar-refractivity contribution >= 4 is 37.8 Å². The van der Waals surface area contributed by atoms with Crippen LogP contribution < -0.4 is 5.73 Å². The summed E-state index contributed by atoms with van der Waals surface area (Å²) in [5.74, 6) is -1.23. The lowest BCUT2D eigenvalue weighted by Gasteiger charge is -2.19. The quantitative estimate of drug-likeness (QED) is 0.753. The summed E-state index contributed by atoms with van der Waals surface area (Å²) in [5.41, 5.74) is 5.18. The van der Waals surface area contributed by atoms with Gasteiger partial charge in [-0.3, -0.25) is 4.79 Å². The van der Waals surface area contributed by atoms with Crippen LogP contribution in [0.4, 0.5) is 4.39 Å². The van der Waals surface area contributed by atoms with Crippen LogP contribution in [0, 0.1) is 5.82 Å². The Morgan fingerprint density at radius 2 is 1.82 bits per heavy atom. The molecule has 0 aliphatic heterocycles. The Labute approximate surface area is 114 Å². The van der Waals surface area contributed by atoms with Crippen LogP contribution in [0.3, 0.4) is 0 Å². The first-order valence-corrected chi connectivity index (χ1v) is 6.20. The molecule has 1 amide bonds. The van der Waals surface area contributed by atoms with Crippen LogP contribution in [0.5, 0.6) is 0 Å². The largest absolute Gasteiger partial charge is 0.390 e. The molecule has 0 saturated carbocycles. The Bertz CT molecular complexity index is 419. The summed E-state index contributed by atoms with van der Waals surface area (Å²) in [4.78, 5) is 10.6. The van der Waals surface area contributed by atoms with E-state index in [4.69, 9.17) is 5.73 Å². The Morgan fingerprint density at radius 1 is 1.35 bits per heavy atom. The van der Waals surface area contributed by atoms with Gasteiger partial charge in [0.05, 0.1) is 12.5 Å². The average molecular weight is 371 g/mol. The molecule has 0 aliphatic rings. The fourth-order valence-corrected chi connectivity index (χ4v) is 2.95. The summed E-state index contributed by atoms with van der Waals surface area (Å²) in [7, 11) is 0. The van der Waals surface area contributed by atoms with Crippen LogP contribution in [0.25, 0.3) is 0 Å². The van der Waals surface area contributed by atoms with E-state index in [2.05, 4.69) is 31.9 Å². The topological polar surface area (TPSA) is 83.6 Å². The number of carbonyl (C=O) groups is 1. The van der Waals surface area contributed by atoms with E-state index in [-0.39, 0.29) is 12.0 Å². The molecule has 17 heavy (non-hydrogen) atoms. The third kappa shape index (κ3) is 3.74. The molecule has 0 spiro atoms. The normalized spacial score (nSPS) is 14.4. The molecule has 7 heteroatoms. The van der Waals surface area contributed by atoms with Crippen molar-refractivity contribution in [3.8, 4) is 0 Å². The van der Waals surface area contributed by atoms with Gasteiger partial charge in [-0.05, 0) is 12.1 Å². The highest BCUT2D eigenvalue weighted by Crippen LogP contribution is 2.34. The summed E-state index contributed by atoms with van der Waals surface area (Å²) in [5, 5.41) is 19.4. The van der Waals surface area contributed by atoms with Gasteiger partial charge in [0.25, 0.3) is 0 Å². The second-order valence-electron chi connectivity index (χ2n) is 3.47. The lowest BCUT2D eigenvalue weighted by atomic mass is 10.0. The SMILES string of the molecule is NC(=O)CC(O)C(O)c1c(Br)cc(F)cc1Br. The molecule has 1 rings (SSSR count). The zero-order valence-electron chi connectivity index (χ0n) is 8.53. The first-order chi connectivity index (χ1) is 7.82. The molecule has 94 valence electrons. The lowest BCUT2D eigenvalue weighted by molar-refractivity contribution is -0.121. The van der Waals surface area contributed by atoms with Crippen molar-refractivity contribution in [2.45, 2.75) is 18.6 Å². The number of benzene rings is 1. The number of aliphatic hydroxyl groups excluding tert-OH is 2. The maximum absolute atomic E-state index is 13.0. The molecule has 0 aliphatic carbocycles. The van der Waals surface area contributed by atoms with Crippen molar-refractivity contribution in [2.75, 3.05) is 0 Å². The second-order valence-corrected chi connectivity index (χ2v) is 5.17. The molecule has 2 unspecified atom stereocenters. The zero-order chi connectivity index (χ0) is 13.2. The summed E-state index contributed by atoms with van der Waals surface area (Å²) in [6, 6.07) is 2.31. The molecule has 1 aromatic carbocycles. The molecule has 0 heterocycles. The van der Waals surface area contributed by atoms with Crippen molar-refractivity contribution in [1.82, 2.24) is 0 Å². The average Bonchev–Trinajstić information content (AvgIpc) is 2.14. The molecule has 4 nitrogen and oxygen atoms in total. The molecule has 4 N–H and O–H groups in total. The van der Waals surface area contributed by atoms with E-state index in [9.17, 15) is 19.4 Å². The van der Waals surface area contributed by atoms with E-state index < -0.39 is 23.9 Å². The smallest absolute Gasteiger partial charge is 0.220 e. The van der Waals surface area contributed by atoms with Crippen molar-refractivity contribution in [2.24, 2.45) is 5.73 Å². The van der Waals surface area contributed by atoms with E-state index in [1.165, 1.54) is 0 Å². The van der Waals surface area contributed by atoms with Gasteiger partial charge in [-0.15, -0.1) is 0 Å². The van der Waals surface area contributed by atoms with Gasteiger partial charge in [0.1, 0.15) is 11.9 Å². The van der Waals surface area contributed by atoms with Crippen LogP contribution in [-0.2, 0) is 4.79 Å². The monoisotopic (exact) mass is 369 g/mol. The highest BCUT2D eigenvalue weighted by atomic mass is 79.9. The number of hydrogen-bond acceptors (Lipinski definition) is 3. The lowest BCUT2D eigenvalue weighted by Crippen LogP contribution is -2.26. The summed E-state index contributed by atoms with van der Waals surface area (Å²) < 4.78 is 13.6. The number of hydrogen-bond donors (Lipinski definition) is 3. The molecule has 0 radical (unpaired) electrons. The second kappa shape index (κ2) is 5.90. The predicted octanol–water partition coefficient (Wildman–Crippen LogP) is 1.62. The molecule has 0 fully saturated rings. The van der Waals surface area contributed by atoms with Crippen molar-refractivity contribution in [3.05, 3.63) is 32.5 Å². The molecule has 0 aromatic heterocycles. The number of nitrogens with two attached hydrogens (primary N) is 1. The van der Waals surface area contributed by atoms with Gasteiger partial charge >= 0.3 is 0 Å². The van der Waals surface area contributed by atoms with E-state index >= 15 is 0 Å². The molecule has 0 saturated heterocycles. The molecule has 0 bridgehead atoms. The van der Waals surface area contributed by atoms with E-state index in [1.54, 1.807) is 0 Å². The molecule has 2 atom stereocenters. The van der Waals surface area contributed by atoms with Crippen molar-refractivity contribution in [3.63, 3.8) is 0 Å². The molecular weight excluding hydrogens is 361 g/mol. The number of amides is 1. The third-order valence-electron chi connectivity index (χ3n) is 2.11. The first-order valence-electron chi connectivity index (χ1n) is 4.61. The van der Waals surface area contributed by atoms with Crippen LogP contribution >= 0.6 is 31.9 Å². The Hall–Kier alpha value is -0.500. The van der Waals surface area contributed by atoms with Crippen LogP contribution in [0.2, 0.25) is 0 Å². The minimum atomic E-state index is -1.34. The number of halogens is 3. The molecule has 1 aromatic rings. The predicted molar refractivity (Wildman–Crippen MR) is 66.6 cm³/mol. The fourth-order valence-electron chi connectivity index (χ4n) is 1.35. The first kappa shape index (κ1) is 14.6. The summed E-state index contributed by atoms with van der Waals surface area (Å²) in [6.45, 7) is 0. The van der Waals surface area contributed by atoms with E-state index in [1.807, 2.05) is 0 Å². The Kier molecular flexibility index (Phi) is 5.05. The Balaban J connectivity index is 3.03. The van der Waals surface area contributed by atoms with Gasteiger partial charge in [-0.2, -0.15) is 0 Å². The number of carbonyl (C=O) groups excluding carboxylic acids is 1. The highest BCUT2D eigenvalue weighted by Gasteiger charge is 2.24. The summed E-state index contributed by atoms with van der Waals surface area (Å²) >= 11 is 6.15. The van der Waals surface area contributed by atoms with Gasteiger partial charge in [0.15, 0.2) is 0 Å². The maximum Gasteiger partial charge on any atom is 0.220 e. The highest BCUT2D eigenvalue weighted by molar-refractivity contribution is 9.11. The van der Waals surface area contributed by atoms with Gasteiger partial charge < -0.3 is 15.9 Å². The number of aliphatic hydroxyl groups is 2. The van der Waals surface area contributed by atoms with Gasteiger partial charge in [0.2, 0.25) is 5.91 Å². The van der Waals surface area contributed by atoms with E-state index in [0.717, 1.165) is 12.1 Å². The fraction of sp³-hybridized carbons (Fsp3) is 0.300. The van der Waals surface area contributed by atoms with Gasteiger partial charge in [-0.1, -0.05) is 31.9 Å². The third-order valence-corrected chi connectivity index (χ3v) is 3.43. The number of primary amides is 1. The Morgan fingerprint density at radius 3 is 2.24 bits per heavy atom. The standard InChI is InChI=1S/C10H10Br2FNO3/c11-5-1-4(13)2-6(12)9(5)10(17)7(15)3-8(14)16/h1-2,7,10,15,17H,3H2,(H2,14,16). The van der Waals surface area contributed by atoms with Crippen molar-refractivity contribution < 1.29 is 19.4 Å². The molecular formula is C10H10Br2FNO3. The maximum atomic E-state index is 13.0. The number of rotatable bonds is 4. The van der Waals surface area contributed by atoms with Gasteiger partial charge in [0, 0.05) is 14.5 Å². The zero-order valence-corrected chi connectivity index (χ0v) is 11.7. The van der Waals surface area contributed by atoms with Crippen LogP contribution in [0.1, 0.15) is 18.1 Å². The van der Waals surface area contributed by atoms with Crippen LogP contribution in [0.15, 0.2) is 21.1 Å². The van der Waals surface area contributed by atoms with Crippen LogP contribution in [-0.4, -0.2) is 22.2 Å². The van der Waals surface area contributed by atoms with Gasteiger partial charge in [-0.25, -0.2) is 4.39 Å². The van der Waals surface area contributed by atoms with E-state index in [0.29, 0.717) is 8.95 Å². The minimum absolute atomic E-state index is 0.264. The van der Waals surface area contributed by atoms with Crippen molar-refractivity contribution in [1.29, 1.82) is 0 Å².